The van der Waals surface area contributed by atoms with Gasteiger partial charge >= 0.3 is 0 Å². The number of aliphatic hydroxyl groups excluding tert-OH is 11. The Kier molecular flexibility index (Phi) is 37.1. The molecule has 3 heterocycles. The molecule has 19 heteroatoms. The lowest BCUT2D eigenvalue weighted by molar-refractivity contribution is -0.379. The van der Waals surface area contributed by atoms with Gasteiger partial charge in [-0.2, -0.15) is 0 Å². The fourth-order valence-corrected chi connectivity index (χ4v) is 10.5. The van der Waals surface area contributed by atoms with Crippen molar-refractivity contribution >= 4 is 5.91 Å². The van der Waals surface area contributed by atoms with E-state index in [9.17, 15) is 61.0 Å². The maximum Gasteiger partial charge on any atom is 0.220 e. The summed E-state index contributed by atoms with van der Waals surface area (Å²) in [5.41, 5.74) is 0. The highest BCUT2D eigenvalue weighted by molar-refractivity contribution is 5.76. The molecular formula is C56H107NO18. The fraction of sp³-hybridized carbons (Fsp3) is 0.982. The summed E-state index contributed by atoms with van der Waals surface area (Å²) >= 11 is 0. The highest BCUT2D eigenvalue weighted by Crippen LogP contribution is 2.33. The average Bonchev–Trinajstić information content (AvgIpc) is 3.41. The third-order valence-electron chi connectivity index (χ3n) is 15.4. The van der Waals surface area contributed by atoms with Gasteiger partial charge in [0.05, 0.1) is 38.6 Å². The van der Waals surface area contributed by atoms with E-state index in [0.29, 0.717) is 12.8 Å². The van der Waals surface area contributed by atoms with Crippen molar-refractivity contribution in [3.8, 4) is 0 Å². The lowest BCUT2D eigenvalue weighted by Gasteiger charge is -2.48. The fourth-order valence-electron chi connectivity index (χ4n) is 10.5. The normalized spacial score (nSPS) is 31.1. The molecule has 75 heavy (non-hydrogen) atoms. The molecule has 3 rings (SSSR count). The minimum atomic E-state index is -1.97. The molecule has 0 aliphatic carbocycles. The zero-order chi connectivity index (χ0) is 54.8. The molecule has 19 nitrogen and oxygen atoms in total. The van der Waals surface area contributed by atoms with Crippen LogP contribution in [0.25, 0.3) is 0 Å². The van der Waals surface area contributed by atoms with Crippen molar-refractivity contribution in [2.45, 2.75) is 324 Å². The molecule has 0 radical (unpaired) electrons. The highest BCUT2D eigenvalue weighted by Gasteiger charge is 2.53. The quantitative estimate of drug-likeness (QED) is 0.0364. The molecule has 17 unspecified atom stereocenters. The Morgan fingerprint density at radius 3 is 1.15 bits per heavy atom. The van der Waals surface area contributed by atoms with Crippen molar-refractivity contribution in [1.29, 1.82) is 0 Å². The van der Waals surface area contributed by atoms with Crippen LogP contribution < -0.4 is 5.32 Å². The van der Waals surface area contributed by atoms with Crippen LogP contribution in [0.15, 0.2) is 0 Å². The Labute approximate surface area is 449 Å². The number of hydrogen-bond donors (Lipinski definition) is 12. The van der Waals surface area contributed by atoms with E-state index in [1.54, 1.807) is 0 Å². The van der Waals surface area contributed by atoms with Crippen molar-refractivity contribution in [3.05, 3.63) is 0 Å². The van der Waals surface area contributed by atoms with E-state index in [0.717, 1.165) is 32.1 Å². The summed E-state index contributed by atoms with van der Waals surface area (Å²) < 4.78 is 34.0. The van der Waals surface area contributed by atoms with Crippen molar-refractivity contribution in [2.75, 3.05) is 26.4 Å². The number of amides is 1. The molecular weight excluding hydrogens is 975 g/mol. The molecule has 12 N–H and O–H groups in total. The number of unbranched alkanes of at least 4 members (excludes halogenated alkanes) is 28. The molecule has 444 valence electrons. The molecule has 3 fully saturated rings. The average molecular weight is 1080 g/mol. The van der Waals surface area contributed by atoms with Gasteiger partial charge in [-0.25, -0.2) is 0 Å². The molecule has 0 saturated carbocycles. The van der Waals surface area contributed by atoms with Crippen molar-refractivity contribution in [3.63, 3.8) is 0 Å². The Morgan fingerprint density at radius 2 is 0.760 bits per heavy atom. The summed E-state index contributed by atoms with van der Waals surface area (Å²) in [6.45, 7) is 1.54. The topological polar surface area (TPSA) is 307 Å². The number of rotatable bonds is 44. The monoisotopic (exact) mass is 1080 g/mol. The zero-order valence-corrected chi connectivity index (χ0v) is 46.0. The third kappa shape index (κ3) is 25.4. The predicted molar refractivity (Wildman–Crippen MR) is 282 cm³/mol. The minimum Gasteiger partial charge on any atom is -0.394 e. The first-order valence-corrected chi connectivity index (χ1v) is 29.8. The van der Waals surface area contributed by atoms with E-state index in [2.05, 4.69) is 12.2 Å². The highest BCUT2D eigenvalue weighted by atomic mass is 16.8. The van der Waals surface area contributed by atoms with Crippen LogP contribution in [0.3, 0.4) is 0 Å². The van der Waals surface area contributed by atoms with Gasteiger partial charge in [-0.3, -0.25) is 4.79 Å². The van der Waals surface area contributed by atoms with Gasteiger partial charge in [-0.05, 0) is 12.8 Å². The summed E-state index contributed by atoms with van der Waals surface area (Å²) in [6, 6.07) is -0.876. The summed E-state index contributed by atoms with van der Waals surface area (Å²) in [6.07, 6.45) is 12.4. The number of hydrogen-bond acceptors (Lipinski definition) is 18. The largest absolute Gasteiger partial charge is 0.394 e. The first kappa shape index (κ1) is 68.1. The maximum absolute atomic E-state index is 12.8. The molecule has 0 spiro atoms. The number of nitrogens with one attached hydrogen (secondary N) is 1. The first-order chi connectivity index (χ1) is 36.3. The standard InChI is InChI=1S/C56H107NO18/c1-3-5-7-8-9-10-11-12-13-14-15-16-17-18-19-20-21-22-23-24-25-26-27-28-29-30-31-32-33-40(61)39(57-44(62)34-6-4-2)38-70-54-50(68)47(65)52(42(36-59)72-54)75-56-51(69)48(66)53(43(37-60)73-56)74-55-49(67)46(64)45(63)41(35-58)71-55/h39-43,45-56,58-61,63-69H,3-38H2,1-2H3,(H,57,62). The minimum absolute atomic E-state index is 0.244. The predicted octanol–water partition coefficient (Wildman–Crippen LogP) is 4.82. The zero-order valence-electron chi connectivity index (χ0n) is 46.0. The second-order valence-electron chi connectivity index (χ2n) is 21.8. The van der Waals surface area contributed by atoms with Gasteiger partial charge in [0.1, 0.15) is 73.2 Å². The molecule has 0 bridgehead atoms. The molecule has 1 amide bonds. The van der Waals surface area contributed by atoms with Crippen LogP contribution in [-0.2, 0) is 33.2 Å². The van der Waals surface area contributed by atoms with Crippen molar-refractivity contribution in [1.82, 2.24) is 5.32 Å². The molecule has 3 aliphatic rings. The number of carbonyl (C=O) groups excluding carboxylic acids is 1. The Hall–Kier alpha value is -1.21. The van der Waals surface area contributed by atoms with E-state index in [1.165, 1.54) is 154 Å². The lowest BCUT2D eigenvalue weighted by atomic mass is 9.96. The number of ether oxygens (including phenoxy) is 6. The first-order valence-electron chi connectivity index (χ1n) is 29.8. The van der Waals surface area contributed by atoms with Gasteiger partial charge in [-0.1, -0.05) is 200 Å². The molecule has 0 aromatic carbocycles. The van der Waals surface area contributed by atoms with E-state index in [-0.39, 0.29) is 18.9 Å². The SMILES string of the molecule is CCCCCCCCCCCCCCCCCCCCCCCCCCCCCCC(O)C(COC1OC(CO)C(OC2OC(CO)C(OC3OC(CO)C(O)C(O)C3O)C(O)C2O)C(O)C1O)NC(=O)CCCC. The second-order valence-corrected chi connectivity index (χ2v) is 21.8. The van der Waals surface area contributed by atoms with Gasteiger partial charge < -0.3 is 89.9 Å². The summed E-state index contributed by atoms with van der Waals surface area (Å²) in [7, 11) is 0. The van der Waals surface area contributed by atoms with Gasteiger partial charge in [-0.15, -0.1) is 0 Å². The van der Waals surface area contributed by atoms with Gasteiger partial charge in [0.25, 0.3) is 0 Å². The molecule has 3 aliphatic heterocycles. The van der Waals surface area contributed by atoms with Crippen LogP contribution in [0, 0.1) is 0 Å². The molecule has 0 aromatic rings. The van der Waals surface area contributed by atoms with Crippen molar-refractivity contribution < 1.29 is 89.4 Å². The Balaban J connectivity index is 1.30. The van der Waals surface area contributed by atoms with Gasteiger partial charge in [0.2, 0.25) is 5.91 Å². The Morgan fingerprint density at radius 1 is 0.427 bits per heavy atom. The lowest BCUT2D eigenvalue weighted by Crippen LogP contribution is -2.66. The number of aliphatic hydroxyl groups is 11. The Bertz CT molecular complexity index is 1390. The molecule has 0 aromatic heterocycles. The third-order valence-corrected chi connectivity index (χ3v) is 15.4. The van der Waals surface area contributed by atoms with E-state index >= 15 is 0 Å². The van der Waals surface area contributed by atoms with Crippen LogP contribution >= 0.6 is 0 Å². The van der Waals surface area contributed by atoms with Gasteiger partial charge in [0, 0.05) is 6.42 Å². The van der Waals surface area contributed by atoms with E-state index in [1.807, 2.05) is 6.92 Å². The van der Waals surface area contributed by atoms with Crippen LogP contribution in [0.2, 0.25) is 0 Å². The molecule has 3 saturated heterocycles. The smallest absolute Gasteiger partial charge is 0.220 e. The van der Waals surface area contributed by atoms with Crippen LogP contribution in [-0.4, -0.2) is 193 Å². The second kappa shape index (κ2) is 40.9. The van der Waals surface area contributed by atoms with Crippen molar-refractivity contribution in [2.24, 2.45) is 0 Å². The maximum atomic E-state index is 12.8. The van der Waals surface area contributed by atoms with E-state index in [4.69, 9.17) is 28.4 Å². The summed E-state index contributed by atoms with van der Waals surface area (Å²) in [5.74, 6) is -0.276. The van der Waals surface area contributed by atoms with Crippen LogP contribution in [0.4, 0.5) is 0 Å². The number of carbonyl (C=O) groups is 1. The van der Waals surface area contributed by atoms with E-state index < -0.39 is 124 Å². The summed E-state index contributed by atoms with van der Waals surface area (Å²) in [4.78, 5) is 12.8. The molecule has 17 atom stereocenters. The van der Waals surface area contributed by atoms with Crippen LogP contribution in [0.5, 0.6) is 0 Å². The van der Waals surface area contributed by atoms with Gasteiger partial charge in [0.15, 0.2) is 18.9 Å². The van der Waals surface area contributed by atoms with Crippen LogP contribution in [0.1, 0.15) is 219 Å². The summed E-state index contributed by atoms with van der Waals surface area (Å²) in [5, 5.41) is 119.